The molecule has 2 aromatic rings. The molecule has 7 heteroatoms. The Labute approximate surface area is 147 Å². The lowest BCUT2D eigenvalue weighted by molar-refractivity contribution is 0.242. The zero-order chi connectivity index (χ0) is 15.2. The van der Waals surface area contributed by atoms with Gasteiger partial charge >= 0.3 is 0 Å². The van der Waals surface area contributed by atoms with Crippen molar-refractivity contribution in [3.63, 3.8) is 0 Å². The van der Waals surface area contributed by atoms with Gasteiger partial charge in [0.05, 0.1) is 18.8 Å². The molecular formula is C15H22IN5O. The minimum atomic E-state index is 0. The van der Waals surface area contributed by atoms with E-state index >= 15 is 0 Å². The third kappa shape index (κ3) is 5.92. The standard InChI is InChI=1S/C15H21N5O.HI/c1-11(2)21-14-6-4-13(5-7-14)19-15(16)17-8-12-9-18-20(3)10-12;/h4-7,9-11H,8H2,1-3H3,(H3,16,17,19);1H. The zero-order valence-corrected chi connectivity index (χ0v) is 15.3. The molecule has 1 heterocycles. The molecule has 0 unspecified atom stereocenters. The lowest BCUT2D eigenvalue weighted by atomic mass is 10.3. The molecule has 0 saturated heterocycles. The first-order chi connectivity index (χ1) is 10.0. The first-order valence-corrected chi connectivity index (χ1v) is 6.84. The van der Waals surface area contributed by atoms with Gasteiger partial charge in [-0.2, -0.15) is 5.10 Å². The minimum absolute atomic E-state index is 0. The maximum Gasteiger partial charge on any atom is 0.193 e. The summed E-state index contributed by atoms with van der Waals surface area (Å²) >= 11 is 0. The second-order valence-corrected chi connectivity index (χ2v) is 5.04. The van der Waals surface area contributed by atoms with Crippen molar-refractivity contribution >= 4 is 35.6 Å². The van der Waals surface area contributed by atoms with Crippen molar-refractivity contribution in [1.82, 2.24) is 9.78 Å². The fraction of sp³-hybridized carbons (Fsp3) is 0.333. The van der Waals surface area contributed by atoms with Gasteiger partial charge in [0.2, 0.25) is 0 Å². The molecule has 1 aromatic heterocycles. The predicted octanol–water partition coefficient (Wildman–Crippen LogP) is 2.75. The number of hydrogen-bond acceptors (Lipinski definition) is 3. The van der Waals surface area contributed by atoms with Crippen LogP contribution in [-0.4, -0.2) is 21.8 Å². The van der Waals surface area contributed by atoms with Crippen LogP contribution in [0.2, 0.25) is 0 Å². The number of nitrogens with zero attached hydrogens (tertiary/aromatic N) is 3. The summed E-state index contributed by atoms with van der Waals surface area (Å²) in [5, 5.41) is 7.13. The van der Waals surface area contributed by atoms with E-state index in [-0.39, 0.29) is 30.1 Å². The third-order valence-electron chi connectivity index (χ3n) is 2.69. The Bertz CT molecular complexity index is 607. The summed E-state index contributed by atoms with van der Waals surface area (Å²) in [5.41, 5.74) is 7.75. The summed E-state index contributed by atoms with van der Waals surface area (Å²) in [6, 6.07) is 7.61. The molecule has 6 nitrogen and oxygen atoms in total. The van der Waals surface area contributed by atoms with Crippen LogP contribution in [0.5, 0.6) is 5.75 Å². The van der Waals surface area contributed by atoms with Crippen molar-refractivity contribution < 1.29 is 4.74 Å². The van der Waals surface area contributed by atoms with Gasteiger partial charge in [-0.1, -0.05) is 0 Å². The number of ether oxygens (including phenoxy) is 1. The van der Waals surface area contributed by atoms with Gasteiger partial charge in [-0.3, -0.25) is 4.68 Å². The van der Waals surface area contributed by atoms with Gasteiger partial charge in [0.15, 0.2) is 5.96 Å². The number of halogens is 1. The molecular weight excluding hydrogens is 393 g/mol. The largest absolute Gasteiger partial charge is 0.491 e. The van der Waals surface area contributed by atoms with Crippen LogP contribution in [0.4, 0.5) is 5.69 Å². The lowest BCUT2D eigenvalue weighted by Crippen LogP contribution is -2.22. The highest BCUT2D eigenvalue weighted by Gasteiger charge is 2.00. The summed E-state index contributed by atoms with van der Waals surface area (Å²) in [4.78, 5) is 4.27. The second-order valence-electron chi connectivity index (χ2n) is 5.04. The van der Waals surface area contributed by atoms with Crippen LogP contribution < -0.4 is 15.8 Å². The monoisotopic (exact) mass is 415 g/mol. The molecule has 0 aliphatic rings. The first kappa shape index (κ1) is 18.3. The van der Waals surface area contributed by atoms with Gasteiger partial charge < -0.3 is 15.8 Å². The summed E-state index contributed by atoms with van der Waals surface area (Å²) in [7, 11) is 1.87. The fourth-order valence-electron chi connectivity index (χ4n) is 1.81. The van der Waals surface area contributed by atoms with Gasteiger partial charge in [0.25, 0.3) is 0 Å². The van der Waals surface area contributed by atoms with Gasteiger partial charge in [-0.05, 0) is 38.1 Å². The minimum Gasteiger partial charge on any atom is -0.491 e. The maximum atomic E-state index is 5.86. The van der Waals surface area contributed by atoms with Crippen LogP contribution in [-0.2, 0) is 13.6 Å². The molecule has 2 rings (SSSR count). The van der Waals surface area contributed by atoms with E-state index < -0.39 is 0 Å². The van der Waals surface area contributed by atoms with Crippen LogP contribution in [0.15, 0.2) is 41.7 Å². The summed E-state index contributed by atoms with van der Waals surface area (Å²) < 4.78 is 7.32. The van der Waals surface area contributed by atoms with Crippen molar-refractivity contribution in [3.05, 3.63) is 42.2 Å². The average molecular weight is 415 g/mol. The Morgan fingerprint density at radius 1 is 1.36 bits per heavy atom. The second kappa shape index (κ2) is 8.62. The van der Waals surface area contributed by atoms with Crippen LogP contribution in [0.1, 0.15) is 19.4 Å². The molecule has 0 atom stereocenters. The van der Waals surface area contributed by atoms with Gasteiger partial charge in [-0.15, -0.1) is 24.0 Å². The van der Waals surface area contributed by atoms with Crippen molar-refractivity contribution in [2.45, 2.75) is 26.5 Å². The fourth-order valence-corrected chi connectivity index (χ4v) is 1.81. The predicted molar refractivity (Wildman–Crippen MR) is 99.8 cm³/mol. The molecule has 0 fully saturated rings. The molecule has 0 spiro atoms. The van der Waals surface area contributed by atoms with Crippen LogP contribution in [0.25, 0.3) is 0 Å². The van der Waals surface area contributed by atoms with E-state index in [0.29, 0.717) is 12.5 Å². The molecule has 0 saturated carbocycles. The van der Waals surface area contributed by atoms with Gasteiger partial charge in [0, 0.05) is 24.5 Å². The molecule has 0 amide bonds. The van der Waals surface area contributed by atoms with Crippen molar-refractivity contribution in [3.8, 4) is 5.75 Å². The van der Waals surface area contributed by atoms with E-state index in [1.807, 2.05) is 51.4 Å². The smallest absolute Gasteiger partial charge is 0.193 e. The number of hydrogen-bond donors (Lipinski definition) is 2. The topological polar surface area (TPSA) is 77.5 Å². The number of rotatable bonds is 5. The zero-order valence-electron chi connectivity index (χ0n) is 13.0. The summed E-state index contributed by atoms with van der Waals surface area (Å²) in [6.45, 7) is 4.49. The Morgan fingerprint density at radius 3 is 2.59 bits per heavy atom. The number of aryl methyl sites for hydroxylation is 1. The Hall–Kier alpha value is -1.77. The summed E-state index contributed by atoms with van der Waals surface area (Å²) in [6.07, 6.45) is 3.85. The SMILES string of the molecule is CC(C)Oc1ccc(NC(N)=NCc2cnn(C)c2)cc1.I. The van der Waals surface area contributed by atoms with E-state index in [9.17, 15) is 0 Å². The first-order valence-electron chi connectivity index (χ1n) is 6.84. The van der Waals surface area contributed by atoms with E-state index in [4.69, 9.17) is 10.5 Å². The van der Waals surface area contributed by atoms with E-state index in [1.54, 1.807) is 10.9 Å². The van der Waals surface area contributed by atoms with E-state index in [2.05, 4.69) is 15.4 Å². The molecule has 0 bridgehead atoms. The average Bonchev–Trinajstić information content (AvgIpc) is 2.84. The van der Waals surface area contributed by atoms with Gasteiger partial charge in [0.1, 0.15) is 5.75 Å². The highest BCUT2D eigenvalue weighted by Crippen LogP contribution is 2.16. The molecule has 0 radical (unpaired) electrons. The van der Waals surface area contributed by atoms with E-state index in [1.165, 1.54) is 0 Å². The van der Waals surface area contributed by atoms with Crippen molar-refractivity contribution in [2.75, 3.05) is 5.32 Å². The highest BCUT2D eigenvalue weighted by atomic mass is 127. The third-order valence-corrected chi connectivity index (χ3v) is 2.69. The van der Waals surface area contributed by atoms with E-state index in [0.717, 1.165) is 17.0 Å². The van der Waals surface area contributed by atoms with Gasteiger partial charge in [-0.25, -0.2) is 4.99 Å². The molecule has 120 valence electrons. The summed E-state index contributed by atoms with van der Waals surface area (Å²) in [5.74, 6) is 1.21. The number of benzene rings is 1. The molecule has 0 aliphatic heterocycles. The van der Waals surface area contributed by atoms with Crippen LogP contribution in [0, 0.1) is 0 Å². The number of aliphatic imine (C=N–C) groups is 1. The number of guanidine groups is 1. The molecule has 0 aliphatic carbocycles. The Balaban J connectivity index is 0.00000242. The quantitative estimate of drug-likeness (QED) is 0.447. The number of nitrogens with two attached hydrogens (primary N) is 1. The highest BCUT2D eigenvalue weighted by molar-refractivity contribution is 14.0. The molecule has 3 N–H and O–H groups in total. The molecule has 22 heavy (non-hydrogen) atoms. The normalized spacial score (nSPS) is 11.2. The molecule has 1 aromatic carbocycles. The number of aromatic nitrogens is 2. The van der Waals surface area contributed by atoms with Crippen molar-refractivity contribution in [1.29, 1.82) is 0 Å². The Morgan fingerprint density at radius 2 is 2.05 bits per heavy atom. The lowest BCUT2D eigenvalue weighted by Gasteiger charge is -2.10. The van der Waals surface area contributed by atoms with Crippen LogP contribution in [0.3, 0.4) is 0 Å². The Kier molecular flexibility index (Phi) is 7.16. The van der Waals surface area contributed by atoms with Crippen molar-refractivity contribution in [2.24, 2.45) is 17.8 Å². The number of nitrogens with one attached hydrogen (secondary N) is 1. The van der Waals surface area contributed by atoms with Crippen LogP contribution >= 0.6 is 24.0 Å². The maximum absolute atomic E-state index is 5.86. The number of anilines is 1.